The van der Waals surface area contributed by atoms with E-state index in [0.717, 1.165) is 0 Å². The van der Waals surface area contributed by atoms with Crippen LogP contribution in [0.1, 0.15) is 11.5 Å². The summed E-state index contributed by atoms with van der Waals surface area (Å²) < 4.78 is 31.4. The van der Waals surface area contributed by atoms with Crippen molar-refractivity contribution in [3.05, 3.63) is 29.8 Å². The predicted molar refractivity (Wildman–Crippen MR) is 60.5 cm³/mol. The molecule has 90 valence electrons. The Morgan fingerprint density at radius 3 is 2.25 bits per heavy atom. The van der Waals surface area contributed by atoms with Crippen molar-refractivity contribution in [2.45, 2.75) is 11.8 Å². The van der Waals surface area contributed by atoms with Gasteiger partial charge in [0.1, 0.15) is 5.75 Å². The number of rotatable bonds is 3. The lowest BCUT2D eigenvalue weighted by molar-refractivity contribution is 0.0947. The fraction of sp³-hybridized carbons (Fsp3) is 0.455. The highest BCUT2D eigenvalue weighted by molar-refractivity contribution is 5.85. The SMILES string of the molecule is COc1ccc(C2C(CN)C2(F)F)cc1.Cl. The Hall–Kier alpha value is -0.870. The fourth-order valence-electron chi connectivity index (χ4n) is 1.95. The van der Waals surface area contributed by atoms with Gasteiger partial charge in [-0.2, -0.15) is 0 Å². The molecule has 1 saturated carbocycles. The number of methoxy groups -OCH3 is 1. The minimum Gasteiger partial charge on any atom is -0.497 e. The molecule has 5 heteroatoms. The van der Waals surface area contributed by atoms with Gasteiger partial charge in [0.15, 0.2) is 0 Å². The zero-order valence-corrected chi connectivity index (χ0v) is 9.64. The van der Waals surface area contributed by atoms with Crippen molar-refractivity contribution in [1.29, 1.82) is 0 Å². The second-order valence-corrected chi connectivity index (χ2v) is 3.77. The molecule has 0 bridgehead atoms. The molecular weight excluding hydrogens is 236 g/mol. The monoisotopic (exact) mass is 249 g/mol. The van der Waals surface area contributed by atoms with Gasteiger partial charge in [-0.25, -0.2) is 8.78 Å². The van der Waals surface area contributed by atoms with E-state index in [1.165, 1.54) is 0 Å². The maximum absolute atomic E-state index is 13.2. The highest BCUT2D eigenvalue weighted by atomic mass is 35.5. The third kappa shape index (κ3) is 1.99. The number of benzene rings is 1. The van der Waals surface area contributed by atoms with Crippen molar-refractivity contribution in [1.82, 2.24) is 0 Å². The van der Waals surface area contributed by atoms with E-state index >= 15 is 0 Å². The van der Waals surface area contributed by atoms with Crippen molar-refractivity contribution >= 4 is 12.4 Å². The fourth-order valence-corrected chi connectivity index (χ4v) is 1.95. The Labute approximate surface area is 99.2 Å². The Kier molecular flexibility index (Phi) is 3.76. The van der Waals surface area contributed by atoms with Crippen LogP contribution >= 0.6 is 12.4 Å². The summed E-state index contributed by atoms with van der Waals surface area (Å²) in [5.74, 6) is -3.38. The molecule has 1 aliphatic rings. The average molecular weight is 250 g/mol. The summed E-state index contributed by atoms with van der Waals surface area (Å²) in [5, 5.41) is 0. The standard InChI is InChI=1S/C11H13F2NO.ClH/c1-15-8-4-2-7(3-5-8)10-9(6-14)11(10,12)13;/h2-5,9-10H,6,14H2,1H3;1H. The van der Waals surface area contributed by atoms with Gasteiger partial charge in [0.2, 0.25) is 0 Å². The number of ether oxygens (including phenoxy) is 1. The molecule has 0 aliphatic heterocycles. The lowest BCUT2D eigenvalue weighted by atomic mass is 10.1. The van der Waals surface area contributed by atoms with Gasteiger partial charge in [0.25, 0.3) is 5.92 Å². The molecule has 1 aromatic rings. The molecule has 1 aliphatic carbocycles. The molecule has 0 spiro atoms. The lowest BCUT2D eigenvalue weighted by Crippen LogP contribution is -2.06. The number of halogens is 3. The van der Waals surface area contributed by atoms with E-state index in [-0.39, 0.29) is 19.0 Å². The summed E-state index contributed by atoms with van der Waals surface area (Å²) in [7, 11) is 1.55. The first-order valence-corrected chi connectivity index (χ1v) is 4.83. The van der Waals surface area contributed by atoms with Crippen LogP contribution < -0.4 is 10.5 Å². The summed E-state index contributed by atoms with van der Waals surface area (Å²) in [6.45, 7) is 0.0314. The molecule has 16 heavy (non-hydrogen) atoms. The van der Waals surface area contributed by atoms with Crippen LogP contribution in [-0.4, -0.2) is 19.6 Å². The van der Waals surface area contributed by atoms with E-state index in [9.17, 15) is 8.78 Å². The summed E-state index contributed by atoms with van der Waals surface area (Å²) >= 11 is 0. The topological polar surface area (TPSA) is 35.2 Å². The van der Waals surface area contributed by atoms with E-state index in [2.05, 4.69) is 0 Å². The summed E-state index contributed by atoms with van der Waals surface area (Å²) in [6, 6.07) is 6.73. The van der Waals surface area contributed by atoms with Crippen LogP contribution in [0.5, 0.6) is 5.75 Å². The maximum Gasteiger partial charge on any atom is 0.260 e. The molecule has 0 amide bonds. The highest BCUT2D eigenvalue weighted by Gasteiger charge is 2.67. The number of alkyl halides is 2. The Bertz CT molecular complexity index is 356. The average Bonchev–Trinajstić information content (AvgIpc) is 2.80. The van der Waals surface area contributed by atoms with E-state index in [0.29, 0.717) is 11.3 Å². The van der Waals surface area contributed by atoms with Crippen molar-refractivity contribution in [2.75, 3.05) is 13.7 Å². The van der Waals surface area contributed by atoms with Crippen LogP contribution in [0, 0.1) is 5.92 Å². The number of hydrogen-bond acceptors (Lipinski definition) is 2. The lowest BCUT2D eigenvalue weighted by Gasteiger charge is -2.01. The quantitative estimate of drug-likeness (QED) is 0.893. The first-order chi connectivity index (χ1) is 7.11. The number of nitrogens with two attached hydrogens (primary N) is 1. The molecule has 0 radical (unpaired) electrons. The van der Waals surface area contributed by atoms with Crippen molar-refractivity contribution < 1.29 is 13.5 Å². The Morgan fingerprint density at radius 1 is 1.31 bits per heavy atom. The summed E-state index contributed by atoms with van der Waals surface area (Å²) in [4.78, 5) is 0. The molecule has 0 saturated heterocycles. The minimum absolute atomic E-state index is 0. The zero-order valence-electron chi connectivity index (χ0n) is 8.82. The maximum atomic E-state index is 13.2. The van der Waals surface area contributed by atoms with Gasteiger partial charge < -0.3 is 10.5 Å². The predicted octanol–water partition coefficient (Wildman–Crippen LogP) is 2.42. The number of hydrogen-bond donors (Lipinski definition) is 1. The third-order valence-electron chi connectivity index (χ3n) is 2.93. The molecular formula is C11H14ClF2NO. The molecule has 2 rings (SSSR count). The molecule has 0 aromatic heterocycles. The second kappa shape index (κ2) is 4.55. The Morgan fingerprint density at radius 2 is 1.88 bits per heavy atom. The molecule has 1 aromatic carbocycles. The van der Waals surface area contributed by atoms with Gasteiger partial charge in [-0.15, -0.1) is 12.4 Å². The van der Waals surface area contributed by atoms with Crippen molar-refractivity contribution in [3.8, 4) is 5.75 Å². The van der Waals surface area contributed by atoms with Crippen LogP contribution in [0.15, 0.2) is 24.3 Å². The van der Waals surface area contributed by atoms with E-state index in [1.807, 2.05) is 0 Å². The van der Waals surface area contributed by atoms with E-state index < -0.39 is 17.8 Å². The van der Waals surface area contributed by atoms with Gasteiger partial charge in [-0.05, 0) is 17.7 Å². The second-order valence-electron chi connectivity index (χ2n) is 3.77. The van der Waals surface area contributed by atoms with E-state index in [4.69, 9.17) is 10.5 Å². The third-order valence-corrected chi connectivity index (χ3v) is 2.93. The molecule has 2 atom stereocenters. The Balaban J connectivity index is 0.00000128. The largest absolute Gasteiger partial charge is 0.497 e. The van der Waals surface area contributed by atoms with Crippen LogP contribution in [0.2, 0.25) is 0 Å². The normalized spacial score (nSPS) is 25.8. The van der Waals surface area contributed by atoms with Crippen LogP contribution in [0.25, 0.3) is 0 Å². The minimum atomic E-state index is -2.64. The van der Waals surface area contributed by atoms with Crippen LogP contribution in [0.4, 0.5) is 8.78 Å². The highest BCUT2D eigenvalue weighted by Crippen LogP contribution is 2.60. The van der Waals surface area contributed by atoms with Crippen LogP contribution in [-0.2, 0) is 0 Å². The van der Waals surface area contributed by atoms with Crippen molar-refractivity contribution in [3.63, 3.8) is 0 Å². The molecule has 2 N–H and O–H groups in total. The first-order valence-electron chi connectivity index (χ1n) is 4.83. The first kappa shape index (κ1) is 13.2. The summed E-state index contributed by atoms with van der Waals surface area (Å²) in [6.07, 6.45) is 0. The van der Waals surface area contributed by atoms with Gasteiger partial charge in [-0.1, -0.05) is 12.1 Å². The smallest absolute Gasteiger partial charge is 0.260 e. The van der Waals surface area contributed by atoms with Gasteiger partial charge in [-0.3, -0.25) is 0 Å². The molecule has 1 fully saturated rings. The summed E-state index contributed by atoms with van der Waals surface area (Å²) in [5.41, 5.74) is 5.92. The van der Waals surface area contributed by atoms with Gasteiger partial charge in [0.05, 0.1) is 13.0 Å². The van der Waals surface area contributed by atoms with Gasteiger partial charge in [0, 0.05) is 12.5 Å². The molecule has 0 heterocycles. The van der Waals surface area contributed by atoms with Gasteiger partial charge >= 0.3 is 0 Å². The van der Waals surface area contributed by atoms with E-state index in [1.54, 1.807) is 31.4 Å². The zero-order chi connectivity index (χ0) is 11.1. The van der Waals surface area contributed by atoms with Crippen molar-refractivity contribution in [2.24, 2.45) is 11.7 Å². The molecule has 2 nitrogen and oxygen atoms in total. The molecule has 2 unspecified atom stereocenters. The van der Waals surface area contributed by atoms with Crippen LogP contribution in [0.3, 0.4) is 0 Å².